The van der Waals surface area contributed by atoms with E-state index in [1.807, 2.05) is 12.1 Å². The van der Waals surface area contributed by atoms with E-state index in [4.69, 9.17) is 17.3 Å². The maximum Gasteiger partial charge on any atom is 0.0459 e. The largest absolute Gasteiger partial charge is 0.341 e. The Morgan fingerprint density at radius 1 is 1.05 bits per heavy atom. The first-order valence-corrected chi connectivity index (χ1v) is 7.02. The van der Waals surface area contributed by atoms with E-state index in [2.05, 4.69) is 35.2 Å². The van der Waals surface area contributed by atoms with Crippen molar-refractivity contribution in [2.45, 2.75) is 12.8 Å². The van der Waals surface area contributed by atoms with Crippen LogP contribution in [0.2, 0.25) is 5.02 Å². The molecule has 2 aromatic rings. The number of fused-ring (bicyclic) bond motifs is 1. The van der Waals surface area contributed by atoms with Crippen molar-refractivity contribution in [3.05, 3.63) is 58.6 Å². The van der Waals surface area contributed by atoms with Gasteiger partial charge in [-0.15, -0.1) is 0 Å². The van der Waals surface area contributed by atoms with Crippen LogP contribution in [0.15, 0.2) is 42.5 Å². The van der Waals surface area contributed by atoms with E-state index in [1.54, 1.807) is 0 Å². The lowest BCUT2D eigenvalue weighted by atomic mass is 10.1. The molecule has 1 aliphatic rings. The summed E-state index contributed by atoms with van der Waals surface area (Å²) >= 11 is 6.33. The Morgan fingerprint density at radius 2 is 1.84 bits per heavy atom. The molecule has 2 nitrogen and oxygen atoms in total. The van der Waals surface area contributed by atoms with Crippen molar-refractivity contribution in [3.8, 4) is 0 Å². The molecule has 0 radical (unpaired) electrons. The summed E-state index contributed by atoms with van der Waals surface area (Å²) in [4.78, 5) is 2.35. The van der Waals surface area contributed by atoms with Crippen molar-refractivity contribution in [2.75, 3.05) is 18.0 Å². The molecule has 0 fully saturated rings. The van der Waals surface area contributed by atoms with Gasteiger partial charge in [0.25, 0.3) is 0 Å². The summed E-state index contributed by atoms with van der Waals surface area (Å²) in [6, 6.07) is 14.7. The van der Waals surface area contributed by atoms with Crippen LogP contribution < -0.4 is 10.6 Å². The van der Waals surface area contributed by atoms with Crippen LogP contribution in [-0.4, -0.2) is 13.1 Å². The molecular weight excluding hydrogens is 256 g/mol. The molecule has 0 spiro atoms. The molecule has 98 valence electrons. The Morgan fingerprint density at radius 3 is 2.68 bits per heavy atom. The van der Waals surface area contributed by atoms with Crippen molar-refractivity contribution < 1.29 is 0 Å². The maximum atomic E-state index is 6.33. The minimum atomic E-state index is 0.617. The second kappa shape index (κ2) is 5.24. The number of nitrogens with two attached hydrogens (primary N) is 1. The topological polar surface area (TPSA) is 29.3 Å². The van der Waals surface area contributed by atoms with Crippen molar-refractivity contribution >= 4 is 23.0 Å². The van der Waals surface area contributed by atoms with E-state index in [1.165, 1.54) is 16.9 Å². The lowest BCUT2D eigenvalue weighted by Crippen LogP contribution is -2.16. The van der Waals surface area contributed by atoms with Crippen LogP contribution in [0.3, 0.4) is 0 Å². The van der Waals surface area contributed by atoms with E-state index in [0.717, 1.165) is 30.0 Å². The standard InChI is InChI=1S/C16H17ClN2/c17-14-5-3-7-16(13(14)8-10-18)19-11-9-12-4-1-2-6-15(12)19/h1-7H,8-11,18H2. The van der Waals surface area contributed by atoms with Gasteiger partial charge in [0.15, 0.2) is 0 Å². The van der Waals surface area contributed by atoms with Crippen LogP contribution in [0, 0.1) is 0 Å². The van der Waals surface area contributed by atoms with Gasteiger partial charge in [-0.2, -0.15) is 0 Å². The summed E-state index contributed by atoms with van der Waals surface area (Å²) in [5.74, 6) is 0. The van der Waals surface area contributed by atoms with E-state index in [0.29, 0.717) is 6.54 Å². The Labute approximate surface area is 118 Å². The van der Waals surface area contributed by atoms with Crippen molar-refractivity contribution in [1.82, 2.24) is 0 Å². The predicted octanol–water partition coefficient (Wildman–Crippen LogP) is 3.54. The third-order valence-electron chi connectivity index (χ3n) is 3.67. The average molecular weight is 273 g/mol. The molecular formula is C16H17ClN2. The average Bonchev–Trinajstić information content (AvgIpc) is 2.85. The van der Waals surface area contributed by atoms with Gasteiger partial charge in [-0.05, 0) is 48.7 Å². The van der Waals surface area contributed by atoms with Crippen LogP contribution in [0.1, 0.15) is 11.1 Å². The summed E-state index contributed by atoms with van der Waals surface area (Å²) in [6.45, 7) is 1.63. The fourth-order valence-corrected chi connectivity index (χ4v) is 3.04. The predicted molar refractivity (Wildman–Crippen MR) is 81.4 cm³/mol. The normalized spacial score (nSPS) is 13.7. The molecule has 0 bridgehead atoms. The smallest absolute Gasteiger partial charge is 0.0459 e. The van der Waals surface area contributed by atoms with Crippen molar-refractivity contribution in [3.63, 3.8) is 0 Å². The highest BCUT2D eigenvalue weighted by molar-refractivity contribution is 6.31. The highest BCUT2D eigenvalue weighted by Gasteiger charge is 2.22. The number of halogens is 1. The Hall–Kier alpha value is -1.51. The van der Waals surface area contributed by atoms with Gasteiger partial charge < -0.3 is 10.6 Å². The van der Waals surface area contributed by atoms with Crippen molar-refractivity contribution in [1.29, 1.82) is 0 Å². The summed E-state index contributed by atoms with van der Waals surface area (Å²) < 4.78 is 0. The molecule has 3 rings (SSSR count). The third kappa shape index (κ3) is 2.22. The highest BCUT2D eigenvalue weighted by Crippen LogP contribution is 2.38. The number of nitrogens with zero attached hydrogens (tertiary/aromatic N) is 1. The molecule has 0 amide bonds. The molecule has 1 aliphatic heterocycles. The first-order chi connectivity index (χ1) is 9.31. The number of rotatable bonds is 3. The molecule has 0 saturated carbocycles. The number of anilines is 2. The number of benzene rings is 2. The Balaban J connectivity index is 2.07. The fraction of sp³-hybridized carbons (Fsp3) is 0.250. The van der Waals surface area contributed by atoms with Gasteiger partial charge in [-0.3, -0.25) is 0 Å². The van der Waals surface area contributed by atoms with Gasteiger partial charge in [0.2, 0.25) is 0 Å². The van der Waals surface area contributed by atoms with Crippen LogP contribution in [-0.2, 0) is 12.8 Å². The zero-order valence-corrected chi connectivity index (χ0v) is 11.5. The second-order valence-corrected chi connectivity index (χ2v) is 5.21. The number of hydrogen-bond acceptors (Lipinski definition) is 2. The molecule has 0 aromatic heterocycles. The van der Waals surface area contributed by atoms with Gasteiger partial charge >= 0.3 is 0 Å². The summed E-state index contributed by atoms with van der Waals surface area (Å²) in [5, 5.41) is 0.812. The SMILES string of the molecule is NCCc1c(Cl)cccc1N1CCc2ccccc21. The van der Waals surface area contributed by atoms with Crippen LogP contribution in [0.4, 0.5) is 11.4 Å². The Kier molecular flexibility index (Phi) is 3.45. The van der Waals surface area contributed by atoms with Crippen molar-refractivity contribution in [2.24, 2.45) is 5.73 Å². The zero-order valence-electron chi connectivity index (χ0n) is 10.8. The molecule has 0 aliphatic carbocycles. The highest BCUT2D eigenvalue weighted by atomic mass is 35.5. The van der Waals surface area contributed by atoms with Crippen LogP contribution in [0.5, 0.6) is 0 Å². The Bertz CT molecular complexity index is 595. The van der Waals surface area contributed by atoms with Gasteiger partial charge in [-0.25, -0.2) is 0 Å². The minimum absolute atomic E-state index is 0.617. The van der Waals surface area contributed by atoms with E-state index in [-0.39, 0.29) is 0 Å². The quantitative estimate of drug-likeness (QED) is 0.926. The maximum absolute atomic E-state index is 6.33. The molecule has 2 N–H and O–H groups in total. The minimum Gasteiger partial charge on any atom is -0.341 e. The molecule has 0 unspecified atom stereocenters. The number of para-hydroxylation sites is 1. The van der Waals surface area contributed by atoms with E-state index < -0.39 is 0 Å². The summed E-state index contributed by atoms with van der Waals surface area (Å²) in [6.07, 6.45) is 1.90. The van der Waals surface area contributed by atoms with E-state index >= 15 is 0 Å². The molecule has 0 atom stereocenters. The lowest BCUT2D eigenvalue weighted by Gasteiger charge is -2.23. The first kappa shape index (κ1) is 12.5. The summed E-state index contributed by atoms with van der Waals surface area (Å²) in [7, 11) is 0. The van der Waals surface area contributed by atoms with Crippen LogP contribution >= 0.6 is 11.6 Å². The molecule has 3 heteroatoms. The third-order valence-corrected chi connectivity index (χ3v) is 4.02. The van der Waals surface area contributed by atoms with Gasteiger partial charge in [0.05, 0.1) is 0 Å². The monoisotopic (exact) mass is 272 g/mol. The van der Waals surface area contributed by atoms with Gasteiger partial charge in [0.1, 0.15) is 0 Å². The molecule has 0 saturated heterocycles. The molecule has 19 heavy (non-hydrogen) atoms. The molecule has 1 heterocycles. The zero-order chi connectivity index (χ0) is 13.2. The lowest BCUT2D eigenvalue weighted by molar-refractivity contribution is 0.940. The van der Waals surface area contributed by atoms with Gasteiger partial charge in [-0.1, -0.05) is 35.9 Å². The number of hydrogen-bond donors (Lipinski definition) is 1. The fourth-order valence-electron chi connectivity index (χ4n) is 2.78. The van der Waals surface area contributed by atoms with Gasteiger partial charge in [0, 0.05) is 22.9 Å². The first-order valence-electron chi connectivity index (χ1n) is 6.64. The second-order valence-electron chi connectivity index (χ2n) is 4.81. The molecule has 2 aromatic carbocycles. The summed E-state index contributed by atoms with van der Waals surface area (Å²) in [5.41, 5.74) is 10.8. The van der Waals surface area contributed by atoms with E-state index in [9.17, 15) is 0 Å². The van der Waals surface area contributed by atoms with Crippen LogP contribution in [0.25, 0.3) is 0 Å².